The largest absolute Gasteiger partial charge is 0.371 e. The molecule has 0 saturated heterocycles. The molecule has 2 aromatic heterocycles. The van der Waals surface area contributed by atoms with Crippen LogP contribution in [-0.4, -0.2) is 27.3 Å². The predicted octanol–water partition coefficient (Wildman–Crippen LogP) is 2.84. The van der Waals surface area contributed by atoms with Gasteiger partial charge in [-0.3, -0.25) is 19.9 Å². The van der Waals surface area contributed by atoms with Crippen LogP contribution in [0.3, 0.4) is 0 Å². The van der Waals surface area contributed by atoms with E-state index in [4.69, 9.17) is 0 Å². The predicted molar refractivity (Wildman–Crippen MR) is 98.8 cm³/mol. The summed E-state index contributed by atoms with van der Waals surface area (Å²) in [5, 5.41) is 19.2. The molecule has 0 saturated carbocycles. The van der Waals surface area contributed by atoms with Gasteiger partial charge in [0.25, 0.3) is 5.69 Å². The molecule has 2 N–H and O–H groups in total. The molecule has 26 heavy (non-hydrogen) atoms. The summed E-state index contributed by atoms with van der Waals surface area (Å²) in [6, 6.07) is 9.93. The first-order valence-corrected chi connectivity index (χ1v) is 8.60. The van der Waals surface area contributed by atoms with Crippen LogP contribution in [-0.2, 0) is 11.3 Å². The zero-order chi connectivity index (χ0) is 18.4. The lowest BCUT2D eigenvalue weighted by Gasteiger charge is -2.07. The molecule has 0 fully saturated rings. The second-order valence-electron chi connectivity index (χ2n) is 5.27. The molecular formula is C17H15N5O3S. The average Bonchev–Trinajstić information content (AvgIpc) is 3.14. The maximum absolute atomic E-state index is 12.0. The van der Waals surface area contributed by atoms with E-state index < -0.39 is 4.92 Å². The minimum atomic E-state index is -0.490. The Morgan fingerprint density at radius 1 is 1.19 bits per heavy atom. The van der Waals surface area contributed by atoms with Gasteiger partial charge in [0.2, 0.25) is 5.91 Å². The fraction of sp³-hybridized carbons (Fsp3) is 0.118. The van der Waals surface area contributed by atoms with Crippen molar-refractivity contribution in [2.75, 3.05) is 11.9 Å². The van der Waals surface area contributed by atoms with E-state index in [0.29, 0.717) is 12.2 Å². The number of amides is 1. The summed E-state index contributed by atoms with van der Waals surface area (Å²) in [5.74, 6) is -0.274. The van der Waals surface area contributed by atoms with Crippen molar-refractivity contribution < 1.29 is 9.72 Å². The van der Waals surface area contributed by atoms with Crippen LogP contribution in [0.5, 0.6) is 0 Å². The Labute approximate surface area is 153 Å². The molecule has 8 nitrogen and oxygen atoms in total. The first-order chi connectivity index (χ1) is 12.6. The summed E-state index contributed by atoms with van der Waals surface area (Å²) < 4.78 is 0. The summed E-state index contributed by atoms with van der Waals surface area (Å²) in [6.45, 7) is 0.237. The number of nitrogens with zero attached hydrogens (tertiary/aromatic N) is 3. The van der Waals surface area contributed by atoms with Gasteiger partial charge in [-0.2, -0.15) is 0 Å². The van der Waals surface area contributed by atoms with Crippen LogP contribution < -0.4 is 10.6 Å². The maximum atomic E-state index is 12.0. The number of carbonyl (C=O) groups is 1. The number of rotatable bonds is 7. The smallest absolute Gasteiger partial charge is 0.292 e. The molecule has 0 spiro atoms. The number of nitro groups is 1. The molecule has 0 aliphatic rings. The van der Waals surface area contributed by atoms with Gasteiger partial charge in [0.05, 0.1) is 23.7 Å². The molecule has 0 bridgehead atoms. The van der Waals surface area contributed by atoms with Crippen molar-refractivity contribution in [2.24, 2.45) is 0 Å². The monoisotopic (exact) mass is 369 g/mol. The molecular weight excluding hydrogens is 354 g/mol. The molecule has 1 amide bonds. The van der Waals surface area contributed by atoms with Crippen molar-refractivity contribution in [1.29, 1.82) is 0 Å². The van der Waals surface area contributed by atoms with Crippen molar-refractivity contribution in [1.82, 2.24) is 15.3 Å². The molecule has 0 radical (unpaired) electrons. The highest BCUT2D eigenvalue weighted by Crippen LogP contribution is 2.23. The van der Waals surface area contributed by atoms with E-state index >= 15 is 0 Å². The van der Waals surface area contributed by atoms with Crippen molar-refractivity contribution >= 4 is 28.6 Å². The number of hydrogen-bond donors (Lipinski definition) is 2. The third-order valence-electron chi connectivity index (χ3n) is 3.50. The van der Waals surface area contributed by atoms with Gasteiger partial charge < -0.3 is 10.6 Å². The first-order valence-electron chi connectivity index (χ1n) is 7.72. The first kappa shape index (κ1) is 17.5. The number of pyridine rings is 1. The Morgan fingerprint density at radius 2 is 1.96 bits per heavy atom. The van der Waals surface area contributed by atoms with Crippen LogP contribution in [0.2, 0.25) is 0 Å². The lowest BCUT2D eigenvalue weighted by atomic mass is 10.2. The molecule has 0 aliphatic carbocycles. The summed E-state index contributed by atoms with van der Waals surface area (Å²) in [7, 11) is 0. The number of anilines is 1. The molecule has 132 valence electrons. The van der Waals surface area contributed by atoms with Gasteiger partial charge in [0.1, 0.15) is 10.7 Å². The lowest BCUT2D eigenvalue weighted by molar-refractivity contribution is -0.383. The number of aromatic nitrogens is 2. The topological polar surface area (TPSA) is 110 Å². The normalized spacial score (nSPS) is 10.3. The summed E-state index contributed by atoms with van der Waals surface area (Å²) >= 11 is 1.45. The number of nitrogens with one attached hydrogen (secondary N) is 2. The van der Waals surface area contributed by atoms with Gasteiger partial charge in [0, 0.05) is 29.4 Å². The molecule has 3 rings (SSSR count). The van der Waals surface area contributed by atoms with Gasteiger partial charge in [-0.05, 0) is 18.2 Å². The molecule has 3 aromatic rings. The minimum Gasteiger partial charge on any atom is -0.371 e. The quantitative estimate of drug-likeness (QED) is 0.489. The standard InChI is InChI=1S/C17H15N5O3S/c23-16(9-19-13-3-1-2-4-15(13)22(24)25)20-10-17-21-14(11-26-17)12-5-7-18-8-6-12/h1-8,11,19H,9-10H2,(H,20,23). The number of hydrogen-bond acceptors (Lipinski definition) is 7. The second-order valence-corrected chi connectivity index (χ2v) is 6.21. The minimum absolute atomic E-state index is 0.0621. The third kappa shape index (κ3) is 4.39. The Balaban J connectivity index is 1.52. The maximum Gasteiger partial charge on any atom is 0.292 e. The van der Waals surface area contributed by atoms with Crippen LogP contribution in [0.15, 0.2) is 54.2 Å². The molecule has 0 unspecified atom stereocenters. The van der Waals surface area contributed by atoms with E-state index in [1.165, 1.54) is 17.4 Å². The van der Waals surface area contributed by atoms with E-state index in [1.54, 1.807) is 30.6 Å². The van der Waals surface area contributed by atoms with Gasteiger partial charge in [-0.1, -0.05) is 12.1 Å². The van der Waals surface area contributed by atoms with Crippen molar-refractivity contribution in [2.45, 2.75) is 6.54 Å². The zero-order valence-corrected chi connectivity index (χ0v) is 14.4. The van der Waals surface area contributed by atoms with E-state index in [2.05, 4.69) is 20.6 Å². The highest BCUT2D eigenvalue weighted by atomic mass is 32.1. The van der Waals surface area contributed by atoms with Gasteiger partial charge in [-0.25, -0.2) is 4.98 Å². The van der Waals surface area contributed by atoms with Gasteiger partial charge in [0.15, 0.2) is 0 Å². The summed E-state index contributed by atoms with van der Waals surface area (Å²) in [6.07, 6.45) is 3.40. The lowest BCUT2D eigenvalue weighted by Crippen LogP contribution is -2.29. The number of nitro benzene ring substituents is 1. The molecule has 2 heterocycles. The van der Waals surface area contributed by atoms with Crippen molar-refractivity contribution in [3.05, 3.63) is 69.3 Å². The molecule has 1 aromatic carbocycles. The van der Waals surface area contributed by atoms with Crippen LogP contribution >= 0.6 is 11.3 Å². The van der Waals surface area contributed by atoms with Crippen LogP contribution in [0.25, 0.3) is 11.3 Å². The van der Waals surface area contributed by atoms with E-state index in [0.717, 1.165) is 16.3 Å². The summed E-state index contributed by atoms with van der Waals surface area (Å²) in [4.78, 5) is 30.9. The van der Waals surface area contributed by atoms with Gasteiger partial charge in [-0.15, -0.1) is 11.3 Å². The Bertz CT molecular complexity index is 914. The number of carbonyl (C=O) groups excluding carboxylic acids is 1. The number of para-hydroxylation sites is 2. The molecule has 0 atom stereocenters. The van der Waals surface area contributed by atoms with Crippen LogP contribution in [0.4, 0.5) is 11.4 Å². The van der Waals surface area contributed by atoms with Gasteiger partial charge >= 0.3 is 0 Å². The zero-order valence-electron chi connectivity index (χ0n) is 13.6. The fourth-order valence-corrected chi connectivity index (χ4v) is 2.98. The van der Waals surface area contributed by atoms with Crippen LogP contribution in [0.1, 0.15) is 5.01 Å². The number of thiazole rings is 1. The van der Waals surface area contributed by atoms with E-state index in [-0.39, 0.29) is 18.1 Å². The van der Waals surface area contributed by atoms with Crippen molar-refractivity contribution in [3.8, 4) is 11.3 Å². The SMILES string of the molecule is O=C(CNc1ccccc1[N+](=O)[O-])NCc1nc(-c2ccncc2)cs1. The highest BCUT2D eigenvalue weighted by Gasteiger charge is 2.13. The fourth-order valence-electron chi connectivity index (χ4n) is 2.24. The second kappa shape index (κ2) is 8.17. The molecule has 0 aliphatic heterocycles. The Kier molecular flexibility index (Phi) is 5.49. The van der Waals surface area contributed by atoms with E-state index in [9.17, 15) is 14.9 Å². The Morgan fingerprint density at radius 3 is 2.73 bits per heavy atom. The number of benzene rings is 1. The Hall–Kier alpha value is -3.33. The average molecular weight is 369 g/mol. The third-order valence-corrected chi connectivity index (χ3v) is 4.35. The van der Waals surface area contributed by atoms with Crippen molar-refractivity contribution in [3.63, 3.8) is 0 Å². The highest BCUT2D eigenvalue weighted by molar-refractivity contribution is 7.09. The molecule has 9 heteroatoms. The van der Waals surface area contributed by atoms with Crippen LogP contribution in [0, 0.1) is 10.1 Å². The summed E-state index contributed by atoms with van der Waals surface area (Å²) in [5.41, 5.74) is 2.04. The van der Waals surface area contributed by atoms with E-state index in [1.807, 2.05) is 17.5 Å².